The van der Waals surface area contributed by atoms with Gasteiger partial charge in [-0.2, -0.15) is 0 Å². The molecule has 0 saturated carbocycles. The second kappa shape index (κ2) is 6.52. The summed E-state index contributed by atoms with van der Waals surface area (Å²) in [6, 6.07) is 0. The summed E-state index contributed by atoms with van der Waals surface area (Å²) in [5.74, 6) is 2.41. The van der Waals surface area contributed by atoms with Crippen molar-refractivity contribution >= 4 is 5.91 Å². The lowest BCUT2D eigenvalue weighted by molar-refractivity contribution is 0.0946. The number of aromatic nitrogens is 4. The van der Waals surface area contributed by atoms with Gasteiger partial charge in [-0.25, -0.2) is 0 Å². The van der Waals surface area contributed by atoms with Crippen molar-refractivity contribution in [1.82, 2.24) is 25.2 Å². The van der Waals surface area contributed by atoms with Crippen molar-refractivity contribution in [1.29, 1.82) is 0 Å². The Balaban J connectivity index is 1.73. The molecule has 0 fully saturated rings. The highest BCUT2D eigenvalue weighted by Crippen LogP contribution is 2.22. The quantitative estimate of drug-likeness (QED) is 0.935. The fourth-order valence-corrected chi connectivity index (χ4v) is 2.98. The van der Waals surface area contributed by atoms with E-state index < -0.39 is 0 Å². The molecule has 0 aliphatic carbocycles. The van der Waals surface area contributed by atoms with Gasteiger partial charge in [0, 0.05) is 18.9 Å². The molecule has 0 bridgehead atoms. The molecular weight excluding hydrogens is 294 g/mol. The average Bonchev–Trinajstić information content (AvgIpc) is 3.01. The smallest absolute Gasteiger partial charge is 0.257 e. The lowest BCUT2D eigenvalue weighted by atomic mass is 10.0. The minimum Gasteiger partial charge on any atom is -0.360 e. The molecule has 7 heteroatoms. The van der Waals surface area contributed by atoms with E-state index in [0.717, 1.165) is 37.5 Å². The maximum absolute atomic E-state index is 12.5. The van der Waals surface area contributed by atoms with Crippen LogP contribution in [0.1, 0.15) is 72.5 Å². The van der Waals surface area contributed by atoms with Crippen molar-refractivity contribution in [2.45, 2.75) is 65.5 Å². The van der Waals surface area contributed by atoms with Gasteiger partial charge in [0.25, 0.3) is 5.91 Å². The lowest BCUT2D eigenvalue weighted by Gasteiger charge is -2.09. The van der Waals surface area contributed by atoms with Gasteiger partial charge in [0.05, 0.1) is 12.2 Å². The summed E-state index contributed by atoms with van der Waals surface area (Å²) < 4.78 is 7.41. The third-order valence-corrected chi connectivity index (χ3v) is 4.23. The Morgan fingerprint density at radius 2 is 2.13 bits per heavy atom. The van der Waals surface area contributed by atoms with Crippen molar-refractivity contribution in [3.63, 3.8) is 0 Å². The molecule has 124 valence electrons. The molecule has 0 unspecified atom stereocenters. The largest absolute Gasteiger partial charge is 0.360 e. The zero-order valence-corrected chi connectivity index (χ0v) is 13.9. The summed E-state index contributed by atoms with van der Waals surface area (Å²) in [6.07, 6.45) is 4.46. The SMILES string of the molecule is Cc1noc(C(C)C)c1C(=O)NCc1nnc2n1CCCCC2. The summed E-state index contributed by atoms with van der Waals surface area (Å²) in [6.45, 7) is 7.04. The van der Waals surface area contributed by atoms with Crippen molar-refractivity contribution in [3.8, 4) is 0 Å². The van der Waals surface area contributed by atoms with Crippen LogP contribution in [0.15, 0.2) is 4.52 Å². The zero-order valence-electron chi connectivity index (χ0n) is 13.9. The van der Waals surface area contributed by atoms with Crippen LogP contribution in [0.3, 0.4) is 0 Å². The minimum atomic E-state index is -0.168. The standard InChI is InChI=1S/C16H23N5O2/c1-10(2)15-14(11(3)20-23-15)16(22)17-9-13-19-18-12-7-5-4-6-8-21(12)13/h10H,4-9H2,1-3H3,(H,17,22). The second-order valence-corrected chi connectivity index (χ2v) is 6.34. The summed E-state index contributed by atoms with van der Waals surface area (Å²) >= 11 is 0. The first kappa shape index (κ1) is 15.7. The van der Waals surface area contributed by atoms with Crippen LogP contribution in [0.4, 0.5) is 0 Å². The maximum atomic E-state index is 12.5. The van der Waals surface area contributed by atoms with Gasteiger partial charge in [-0.05, 0) is 19.8 Å². The highest BCUT2D eigenvalue weighted by atomic mass is 16.5. The highest BCUT2D eigenvalue weighted by molar-refractivity contribution is 5.96. The average molecular weight is 317 g/mol. The van der Waals surface area contributed by atoms with E-state index in [-0.39, 0.29) is 11.8 Å². The Morgan fingerprint density at radius 3 is 2.91 bits per heavy atom. The highest BCUT2D eigenvalue weighted by Gasteiger charge is 2.23. The molecule has 1 aliphatic rings. The number of carbonyl (C=O) groups is 1. The number of fused-ring (bicyclic) bond motifs is 1. The van der Waals surface area contributed by atoms with Crippen LogP contribution in [0, 0.1) is 6.92 Å². The van der Waals surface area contributed by atoms with E-state index in [2.05, 4.69) is 25.2 Å². The van der Waals surface area contributed by atoms with Gasteiger partial charge in [0.15, 0.2) is 11.6 Å². The van der Waals surface area contributed by atoms with E-state index in [1.54, 1.807) is 6.92 Å². The van der Waals surface area contributed by atoms with E-state index in [0.29, 0.717) is 23.6 Å². The monoisotopic (exact) mass is 317 g/mol. The number of carbonyl (C=O) groups excluding carboxylic acids is 1. The van der Waals surface area contributed by atoms with E-state index in [4.69, 9.17) is 4.52 Å². The van der Waals surface area contributed by atoms with Gasteiger partial charge in [-0.15, -0.1) is 10.2 Å². The van der Waals surface area contributed by atoms with Gasteiger partial charge in [-0.1, -0.05) is 25.4 Å². The molecule has 2 aromatic heterocycles. The van der Waals surface area contributed by atoms with Crippen molar-refractivity contribution in [3.05, 3.63) is 28.7 Å². The number of hydrogen-bond acceptors (Lipinski definition) is 5. The molecule has 0 aromatic carbocycles. The predicted molar refractivity (Wildman–Crippen MR) is 84.1 cm³/mol. The molecule has 1 aliphatic heterocycles. The molecule has 3 heterocycles. The molecular formula is C16H23N5O2. The summed E-state index contributed by atoms with van der Waals surface area (Å²) in [4.78, 5) is 12.5. The first-order valence-electron chi connectivity index (χ1n) is 8.23. The third-order valence-electron chi connectivity index (χ3n) is 4.23. The van der Waals surface area contributed by atoms with Gasteiger partial charge in [0.2, 0.25) is 0 Å². The Bertz CT molecular complexity index is 701. The number of hydrogen-bond donors (Lipinski definition) is 1. The van der Waals surface area contributed by atoms with Crippen LogP contribution < -0.4 is 5.32 Å². The maximum Gasteiger partial charge on any atom is 0.257 e. The third kappa shape index (κ3) is 3.13. The fraction of sp³-hybridized carbons (Fsp3) is 0.625. The zero-order chi connectivity index (χ0) is 16.4. The van der Waals surface area contributed by atoms with Gasteiger partial charge >= 0.3 is 0 Å². The van der Waals surface area contributed by atoms with Crippen LogP contribution in [-0.2, 0) is 19.5 Å². The first-order chi connectivity index (χ1) is 11.1. The normalized spacial score (nSPS) is 14.6. The number of aryl methyl sites for hydroxylation is 2. The number of rotatable bonds is 4. The molecule has 3 rings (SSSR count). The molecule has 1 N–H and O–H groups in total. The Morgan fingerprint density at radius 1 is 1.30 bits per heavy atom. The molecule has 0 spiro atoms. The molecule has 23 heavy (non-hydrogen) atoms. The fourth-order valence-electron chi connectivity index (χ4n) is 2.98. The second-order valence-electron chi connectivity index (χ2n) is 6.34. The van der Waals surface area contributed by atoms with Crippen LogP contribution in [-0.4, -0.2) is 25.8 Å². The Kier molecular flexibility index (Phi) is 4.45. The lowest BCUT2D eigenvalue weighted by Crippen LogP contribution is -2.26. The molecule has 7 nitrogen and oxygen atoms in total. The predicted octanol–water partition coefficient (Wildman–Crippen LogP) is 2.35. The topological polar surface area (TPSA) is 85.8 Å². The van der Waals surface area contributed by atoms with Crippen molar-refractivity contribution in [2.75, 3.05) is 0 Å². The van der Waals surface area contributed by atoms with Crippen LogP contribution in [0.5, 0.6) is 0 Å². The van der Waals surface area contributed by atoms with E-state index in [1.165, 1.54) is 6.42 Å². The number of amides is 1. The number of nitrogens with zero attached hydrogens (tertiary/aromatic N) is 4. The van der Waals surface area contributed by atoms with Gasteiger partial charge in [-0.3, -0.25) is 4.79 Å². The van der Waals surface area contributed by atoms with Crippen molar-refractivity contribution < 1.29 is 9.32 Å². The van der Waals surface area contributed by atoms with E-state index in [1.807, 2.05) is 13.8 Å². The number of nitrogens with one attached hydrogen (secondary N) is 1. The summed E-state index contributed by atoms with van der Waals surface area (Å²) in [5, 5.41) is 15.3. The van der Waals surface area contributed by atoms with Gasteiger partial charge in [0.1, 0.15) is 11.4 Å². The van der Waals surface area contributed by atoms with Crippen LogP contribution in [0.25, 0.3) is 0 Å². The summed E-state index contributed by atoms with van der Waals surface area (Å²) in [7, 11) is 0. The van der Waals surface area contributed by atoms with Crippen LogP contribution in [0.2, 0.25) is 0 Å². The van der Waals surface area contributed by atoms with E-state index in [9.17, 15) is 4.79 Å². The molecule has 0 atom stereocenters. The minimum absolute atomic E-state index is 0.112. The Labute approximate surface area is 135 Å². The summed E-state index contributed by atoms with van der Waals surface area (Å²) in [5.41, 5.74) is 1.15. The van der Waals surface area contributed by atoms with E-state index >= 15 is 0 Å². The van der Waals surface area contributed by atoms with Crippen LogP contribution >= 0.6 is 0 Å². The molecule has 1 amide bonds. The Hall–Kier alpha value is -2.18. The van der Waals surface area contributed by atoms with Gasteiger partial charge < -0.3 is 14.4 Å². The first-order valence-corrected chi connectivity index (χ1v) is 8.23. The molecule has 2 aromatic rings. The molecule has 0 radical (unpaired) electrons. The molecule has 0 saturated heterocycles. The van der Waals surface area contributed by atoms with Crippen molar-refractivity contribution in [2.24, 2.45) is 0 Å².